The SMILES string of the molecule is CN=C(NCCCc1nc(C)no1)NC1CCN(C(=O)C2CCCC2)C1. The summed E-state index contributed by atoms with van der Waals surface area (Å²) in [7, 11) is 1.77. The highest BCUT2D eigenvalue weighted by atomic mass is 16.5. The number of nitrogens with zero attached hydrogens (tertiary/aromatic N) is 4. The van der Waals surface area contributed by atoms with Crippen LogP contribution in [-0.4, -0.2) is 59.6 Å². The van der Waals surface area contributed by atoms with E-state index in [1.807, 2.05) is 11.8 Å². The lowest BCUT2D eigenvalue weighted by Gasteiger charge is -2.21. The Morgan fingerprint density at radius 1 is 1.35 bits per heavy atom. The van der Waals surface area contributed by atoms with Crippen molar-refractivity contribution in [3.8, 4) is 0 Å². The quantitative estimate of drug-likeness (QED) is 0.449. The fraction of sp³-hybridized carbons (Fsp3) is 0.778. The second-order valence-corrected chi connectivity index (χ2v) is 7.23. The average molecular weight is 362 g/mol. The van der Waals surface area contributed by atoms with Crippen molar-refractivity contribution in [3.05, 3.63) is 11.7 Å². The number of carbonyl (C=O) groups is 1. The van der Waals surface area contributed by atoms with Crippen LogP contribution in [0.4, 0.5) is 0 Å². The van der Waals surface area contributed by atoms with Crippen molar-refractivity contribution in [2.45, 2.75) is 57.9 Å². The molecule has 144 valence electrons. The maximum atomic E-state index is 12.5. The van der Waals surface area contributed by atoms with Gasteiger partial charge in [-0.1, -0.05) is 18.0 Å². The lowest BCUT2D eigenvalue weighted by Crippen LogP contribution is -2.45. The van der Waals surface area contributed by atoms with E-state index in [1.54, 1.807) is 7.05 Å². The lowest BCUT2D eigenvalue weighted by molar-refractivity contribution is -0.134. The Bertz CT molecular complexity index is 623. The Balaban J connectivity index is 1.36. The van der Waals surface area contributed by atoms with Crippen LogP contribution in [0.15, 0.2) is 9.52 Å². The molecule has 3 rings (SSSR count). The predicted octanol–water partition coefficient (Wildman–Crippen LogP) is 1.27. The Kier molecular flexibility index (Phi) is 6.46. The molecule has 0 spiro atoms. The van der Waals surface area contributed by atoms with Crippen LogP contribution < -0.4 is 10.6 Å². The average Bonchev–Trinajstić information content (AvgIpc) is 3.39. The third-order valence-electron chi connectivity index (χ3n) is 5.20. The van der Waals surface area contributed by atoms with E-state index in [9.17, 15) is 4.79 Å². The van der Waals surface area contributed by atoms with Crippen LogP contribution in [0, 0.1) is 12.8 Å². The first-order valence-electron chi connectivity index (χ1n) is 9.71. The van der Waals surface area contributed by atoms with Crippen molar-refractivity contribution in [3.63, 3.8) is 0 Å². The summed E-state index contributed by atoms with van der Waals surface area (Å²) in [4.78, 5) is 23.0. The number of aliphatic imine (C=N–C) groups is 1. The van der Waals surface area contributed by atoms with Gasteiger partial charge in [0.1, 0.15) is 0 Å². The molecule has 2 aliphatic rings. The van der Waals surface area contributed by atoms with Gasteiger partial charge in [0, 0.05) is 45.1 Å². The zero-order valence-corrected chi connectivity index (χ0v) is 15.8. The molecule has 0 aromatic carbocycles. The van der Waals surface area contributed by atoms with Crippen molar-refractivity contribution < 1.29 is 9.32 Å². The smallest absolute Gasteiger partial charge is 0.226 e. The largest absolute Gasteiger partial charge is 0.356 e. The number of guanidine groups is 1. The van der Waals surface area contributed by atoms with Crippen LogP contribution in [0.5, 0.6) is 0 Å². The maximum absolute atomic E-state index is 12.5. The van der Waals surface area contributed by atoms with Gasteiger partial charge < -0.3 is 20.1 Å². The van der Waals surface area contributed by atoms with Crippen LogP contribution in [0.3, 0.4) is 0 Å². The van der Waals surface area contributed by atoms with Gasteiger partial charge in [-0.15, -0.1) is 0 Å². The fourth-order valence-electron chi connectivity index (χ4n) is 3.79. The van der Waals surface area contributed by atoms with Gasteiger partial charge in [-0.2, -0.15) is 4.98 Å². The summed E-state index contributed by atoms with van der Waals surface area (Å²) in [5.74, 6) is 2.74. The third kappa shape index (κ3) is 4.95. The molecule has 1 saturated carbocycles. The fourth-order valence-corrected chi connectivity index (χ4v) is 3.79. The molecular weight excluding hydrogens is 332 g/mol. The Hall–Kier alpha value is -2.12. The van der Waals surface area contributed by atoms with Crippen molar-refractivity contribution in [1.82, 2.24) is 25.7 Å². The molecule has 1 aromatic rings. The zero-order chi connectivity index (χ0) is 18.4. The van der Waals surface area contributed by atoms with Gasteiger partial charge in [-0.05, 0) is 32.6 Å². The number of amides is 1. The molecule has 1 unspecified atom stereocenters. The molecule has 0 bridgehead atoms. The number of likely N-dealkylation sites (tertiary alicyclic amines) is 1. The molecular formula is C18H30N6O2. The summed E-state index contributed by atoms with van der Waals surface area (Å²) in [6, 6.07) is 0.269. The molecule has 1 saturated heterocycles. The highest BCUT2D eigenvalue weighted by Crippen LogP contribution is 2.27. The second-order valence-electron chi connectivity index (χ2n) is 7.23. The van der Waals surface area contributed by atoms with Crippen molar-refractivity contribution in [2.24, 2.45) is 10.9 Å². The minimum Gasteiger partial charge on any atom is -0.356 e. The Morgan fingerprint density at radius 3 is 2.85 bits per heavy atom. The van der Waals surface area contributed by atoms with Crippen molar-refractivity contribution in [2.75, 3.05) is 26.7 Å². The van der Waals surface area contributed by atoms with Gasteiger partial charge in [0.2, 0.25) is 11.8 Å². The van der Waals surface area contributed by atoms with Gasteiger partial charge in [0.25, 0.3) is 0 Å². The monoisotopic (exact) mass is 362 g/mol. The molecule has 1 atom stereocenters. The first-order chi connectivity index (χ1) is 12.7. The summed E-state index contributed by atoms with van der Waals surface area (Å²) < 4.78 is 5.11. The first-order valence-corrected chi connectivity index (χ1v) is 9.71. The highest BCUT2D eigenvalue weighted by Gasteiger charge is 2.32. The van der Waals surface area contributed by atoms with Crippen LogP contribution in [-0.2, 0) is 11.2 Å². The maximum Gasteiger partial charge on any atom is 0.226 e. The van der Waals surface area contributed by atoms with Crippen LogP contribution in [0.25, 0.3) is 0 Å². The number of nitrogens with one attached hydrogen (secondary N) is 2. The molecule has 2 N–H and O–H groups in total. The zero-order valence-electron chi connectivity index (χ0n) is 15.8. The minimum atomic E-state index is 0.263. The molecule has 2 fully saturated rings. The summed E-state index contributed by atoms with van der Waals surface area (Å²) in [5, 5.41) is 10.5. The minimum absolute atomic E-state index is 0.263. The normalized spacial score (nSPS) is 21.4. The number of hydrogen-bond donors (Lipinski definition) is 2. The van der Waals surface area contributed by atoms with Crippen molar-refractivity contribution in [1.29, 1.82) is 0 Å². The second kappa shape index (κ2) is 9.00. The molecule has 0 radical (unpaired) electrons. The summed E-state index contributed by atoms with van der Waals surface area (Å²) in [5.41, 5.74) is 0. The van der Waals surface area contributed by atoms with E-state index >= 15 is 0 Å². The Labute approximate surface area is 154 Å². The number of aryl methyl sites for hydroxylation is 2. The van der Waals surface area contributed by atoms with Gasteiger partial charge in [0.15, 0.2) is 11.8 Å². The third-order valence-corrected chi connectivity index (χ3v) is 5.20. The van der Waals surface area contributed by atoms with Crippen LogP contribution in [0.2, 0.25) is 0 Å². The van der Waals surface area contributed by atoms with E-state index in [1.165, 1.54) is 12.8 Å². The van der Waals surface area contributed by atoms with E-state index < -0.39 is 0 Å². The van der Waals surface area contributed by atoms with E-state index in [4.69, 9.17) is 4.52 Å². The van der Waals surface area contributed by atoms with E-state index in [-0.39, 0.29) is 12.0 Å². The topological polar surface area (TPSA) is 95.7 Å². The number of hydrogen-bond acceptors (Lipinski definition) is 5. The lowest BCUT2D eigenvalue weighted by atomic mass is 10.1. The summed E-state index contributed by atoms with van der Waals surface area (Å²) in [6.45, 7) is 4.22. The van der Waals surface area contributed by atoms with Gasteiger partial charge in [-0.3, -0.25) is 9.79 Å². The standard InChI is InChI=1S/C18H30N6O2/c1-13-21-16(26-23-13)8-5-10-20-18(19-2)22-15-9-11-24(12-15)17(25)14-6-3-4-7-14/h14-15H,3-12H2,1-2H3,(H2,19,20,22). The molecule has 8 heteroatoms. The van der Waals surface area contributed by atoms with E-state index in [0.717, 1.165) is 57.7 Å². The summed E-state index contributed by atoms with van der Waals surface area (Å²) in [6.07, 6.45) is 7.14. The molecule has 1 aliphatic carbocycles. The Morgan fingerprint density at radius 2 is 2.15 bits per heavy atom. The first kappa shape index (κ1) is 18.7. The summed E-state index contributed by atoms with van der Waals surface area (Å²) >= 11 is 0. The van der Waals surface area contributed by atoms with Crippen molar-refractivity contribution >= 4 is 11.9 Å². The predicted molar refractivity (Wildman–Crippen MR) is 98.8 cm³/mol. The van der Waals surface area contributed by atoms with Crippen LogP contribution >= 0.6 is 0 Å². The van der Waals surface area contributed by atoms with E-state index in [2.05, 4.69) is 25.8 Å². The molecule has 1 aromatic heterocycles. The van der Waals surface area contributed by atoms with E-state index in [0.29, 0.717) is 17.6 Å². The number of rotatable bonds is 6. The molecule has 26 heavy (non-hydrogen) atoms. The highest BCUT2D eigenvalue weighted by molar-refractivity contribution is 5.81. The molecule has 1 aliphatic heterocycles. The van der Waals surface area contributed by atoms with Gasteiger partial charge >= 0.3 is 0 Å². The van der Waals surface area contributed by atoms with Crippen LogP contribution in [0.1, 0.15) is 50.2 Å². The number of aromatic nitrogens is 2. The van der Waals surface area contributed by atoms with Gasteiger partial charge in [-0.25, -0.2) is 0 Å². The molecule has 2 heterocycles. The molecule has 8 nitrogen and oxygen atoms in total. The molecule has 1 amide bonds. The van der Waals surface area contributed by atoms with Gasteiger partial charge in [0.05, 0.1) is 0 Å². The number of carbonyl (C=O) groups excluding carboxylic acids is 1.